The number of benzene rings is 2. The number of aromatic nitrogens is 3. The lowest BCUT2D eigenvalue weighted by Crippen LogP contribution is -2.25. The molecule has 4 rings (SSSR count). The van der Waals surface area contributed by atoms with Gasteiger partial charge < -0.3 is 4.74 Å². The van der Waals surface area contributed by atoms with E-state index in [0.717, 1.165) is 33.7 Å². The molecule has 0 N–H and O–H groups in total. The van der Waals surface area contributed by atoms with Crippen LogP contribution in [0.15, 0.2) is 81.9 Å². The van der Waals surface area contributed by atoms with Gasteiger partial charge in [0.05, 0.1) is 24.2 Å². The Kier molecular flexibility index (Phi) is 7.53. The molecule has 1 unspecified atom stereocenters. The molecule has 1 atom stereocenters. The molecule has 0 saturated carbocycles. The standard InChI is InChI=1S/C28H30N6O2/c1-6-25(33(4)31-7-2)32-19(3)24-16-20-12-11-15-23(21-17-29-28(36-5)30-18-21)26(20)27(35)34(24)22-13-9-8-10-14-22/h7-19H,6H2,1-5H3. The molecule has 0 radical (unpaired) electrons. The molecule has 0 aliphatic carbocycles. The second kappa shape index (κ2) is 10.9. The van der Waals surface area contributed by atoms with Crippen molar-refractivity contribution in [2.24, 2.45) is 10.1 Å². The van der Waals surface area contributed by atoms with Crippen LogP contribution in [-0.4, -0.2) is 45.8 Å². The number of hydrazone groups is 1. The zero-order valence-electron chi connectivity index (χ0n) is 21.2. The highest BCUT2D eigenvalue weighted by Crippen LogP contribution is 2.30. The molecule has 0 fully saturated rings. The second-order valence-electron chi connectivity index (χ2n) is 8.25. The summed E-state index contributed by atoms with van der Waals surface area (Å²) in [6.45, 7) is 5.91. The quantitative estimate of drug-likeness (QED) is 0.204. The van der Waals surface area contributed by atoms with Gasteiger partial charge in [0.2, 0.25) is 0 Å². The van der Waals surface area contributed by atoms with E-state index < -0.39 is 0 Å². The monoisotopic (exact) mass is 482 g/mol. The normalized spacial score (nSPS) is 12.8. The van der Waals surface area contributed by atoms with Gasteiger partial charge in [-0.2, -0.15) is 5.10 Å². The number of ether oxygens (including phenoxy) is 1. The lowest BCUT2D eigenvalue weighted by atomic mass is 9.99. The average molecular weight is 483 g/mol. The van der Waals surface area contributed by atoms with Gasteiger partial charge in [-0.25, -0.2) is 9.97 Å². The largest absolute Gasteiger partial charge is 0.467 e. The Labute approximate surface area is 210 Å². The van der Waals surface area contributed by atoms with Crippen molar-refractivity contribution in [1.82, 2.24) is 19.5 Å². The van der Waals surface area contributed by atoms with Gasteiger partial charge in [0.1, 0.15) is 5.84 Å². The number of amidine groups is 1. The number of hydrogen-bond donors (Lipinski definition) is 0. The maximum absolute atomic E-state index is 14.2. The molecule has 2 aromatic heterocycles. The third-order valence-corrected chi connectivity index (χ3v) is 5.96. The van der Waals surface area contributed by atoms with Crippen LogP contribution in [0.25, 0.3) is 27.6 Å². The number of hydrogen-bond acceptors (Lipinski definition) is 6. The molecule has 0 spiro atoms. The van der Waals surface area contributed by atoms with Crippen LogP contribution in [0.2, 0.25) is 0 Å². The van der Waals surface area contributed by atoms with Crippen LogP contribution in [0, 0.1) is 0 Å². The predicted octanol–water partition coefficient (Wildman–Crippen LogP) is 5.26. The van der Waals surface area contributed by atoms with Gasteiger partial charge in [0.15, 0.2) is 0 Å². The van der Waals surface area contributed by atoms with E-state index in [4.69, 9.17) is 9.73 Å². The van der Waals surface area contributed by atoms with E-state index in [9.17, 15) is 4.79 Å². The average Bonchev–Trinajstić information content (AvgIpc) is 2.91. The van der Waals surface area contributed by atoms with E-state index in [1.807, 2.05) is 82.4 Å². The third kappa shape index (κ3) is 4.88. The summed E-state index contributed by atoms with van der Waals surface area (Å²) < 4.78 is 6.85. The van der Waals surface area contributed by atoms with Crippen molar-refractivity contribution in [2.75, 3.05) is 14.2 Å². The van der Waals surface area contributed by atoms with Gasteiger partial charge in [0, 0.05) is 43.3 Å². The fraction of sp³-hybridized carbons (Fsp3) is 0.250. The second-order valence-corrected chi connectivity index (χ2v) is 8.25. The Morgan fingerprint density at radius 2 is 1.86 bits per heavy atom. The van der Waals surface area contributed by atoms with E-state index in [-0.39, 0.29) is 17.6 Å². The first-order chi connectivity index (χ1) is 17.5. The first-order valence-corrected chi connectivity index (χ1v) is 11.9. The number of para-hydroxylation sites is 1. The molecular formula is C28H30N6O2. The Morgan fingerprint density at radius 3 is 2.50 bits per heavy atom. The first-order valence-electron chi connectivity index (χ1n) is 11.9. The SMILES string of the molecule is CC=NN(C)C(CC)=NC(C)c1cc2cccc(-c3cnc(OC)nc3)c2c(=O)n1-c1ccccc1. The molecule has 4 aromatic rings. The summed E-state index contributed by atoms with van der Waals surface area (Å²) in [6.07, 6.45) is 5.79. The number of nitrogens with zero attached hydrogens (tertiary/aromatic N) is 6. The van der Waals surface area contributed by atoms with Crippen LogP contribution in [0.3, 0.4) is 0 Å². The van der Waals surface area contributed by atoms with Crippen molar-refractivity contribution in [3.8, 4) is 22.8 Å². The zero-order chi connectivity index (χ0) is 25.7. The Bertz CT molecular complexity index is 1460. The van der Waals surface area contributed by atoms with Gasteiger partial charge in [0.25, 0.3) is 5.56 Å². The Morgan fingerprint density at radius 1 is 1.14 bits per heavy atom. The minimum Gasteiger partial charge on any atom is -0.467 e. The van der Waals surface area contributed by atoms with Crippen LogP contribution in [-0.2, 0) is 0 Å². The molecule has 0 saturated heterocycles. The highest BCUT2D eigenvalue weighted by molar-refractivity contribution is 5.96. The highest BCUT2D eigenvalue weighted by Gasteiger charge is 2.19. The molecule has 184 valence electrons. The smallest absolute Gasteiger partial charge is 0.316 e. The molecule has 8 heteroatoms. The van der Waals surface area contributed by atoms with Gasteiger partial charge in [-0.05, 0) is 43.0 Å². The molecule has 0 aliphatic heterocycles. The van der Waals surface area contributed by atoms with Crippen LogP contribution in [0.5, 0.6) is 6.01 Å². The number of rotatable bonds is 7. The third-order valence-electron chi connectivity index (χ3n) is 5.96. The van der Waals surface area contributed by atoms with Crippen molar-refractivity contribution >= 4 is 22.8 Å². The number of aliphatic imine (C=N–C) groups is 1. The summed E-state index contributed by atoms with van der Waals surface area (Å²) in [5, 5.41) is 7.53. The summed E-state index contributed by atoms with van der Waals surface area (Å²) in [4.78, 5) is 27.6. The molecule has 2 heterocycles. The minimum absolute atomic E-state index is 0.125. The maximum Gasteiger partial charge on any atom is 0.316 e. The number of pyridine rings is 1. The number of fused-ring (bicyclic) bond motifs is 1. The predicted molar refractivity (Wildman–Crippen MR) is 145 cm³/mol. The van der Waals surface area contributed by atoms with Crippen LogP contribution >= 0.6 is 0 Å². The number of methoxy groups -OCH3 is 1. The van der Waals surface area contributed by atoms with Crippen LogP contribution < -0.4 is 10.3 Å². The minimum atomic E-state index is -0.292. The summed E-state index contributed by atoms with van der Waals surface area (Å²) in [5.41, 5.74) is 2.95. The van der Waals surface area contributed by atoms with Gasteiger partial charge in [-0.15, -0.1) is 0 Å². The Balaban J connectivity index is 1.98. The Hall–Kier alpha value is -4.33. The summed E-state index contributed by atoms with van der Waals surface area (Å²) in [6, 6.07) is 17.5. The van der Waals surface area contributed by atoms with Crippen molar-refractivity contribution in [3.05, 3.63) is 83.0 Å². The maximum atomic E-state index is 14.2. The van der Waals surface area contributed by atoms with Crippen molar-refractivity contribution < 1.29 is 4.74 Å². The van der Waals surface area contributed by atoms with Gasteiger partial charge >= 0.3 is 6.01 Å². The lowest BCUT2D eigenvalue weighted by molar-refractivity contribution is 0.380. The molecular weight excluding hydrogens is 452 g/mol. The van der Waals surface area contributed by atoms with E-state index >= 15 is 0 Å². The zero-order valence-corrected chi connectivity index (χ0v) is 21.2. The van der Waals surface area contributed by atoms with Crippen molar-refractivity contribution in [3.63, 3.8) is 0 Å². The van der Waals surface area contributed by atoms with Crippen LogP contribution in [0.4, 0.5) is 0 Å². The summed E-state index contributed by atoms with van der Waals surface area (Å²) in [5.74, 6) is 0.830. The van der Waals surface area contributed by atoms with E-state index in [1.54, 1.807) is 28.2 Å². The van der Waals surface area contributed by atoms with Crippen molar-refractivity contribution in [2.45, 2.75) is 33.2 Å². The molecule has 2 aromatic carbocycles. The van der Waals surface area contributed by atoms with E-state index in [2.05, 4.69) is 15.1 Å². The molecule has 8 nitrogen and oxygen atoms in total. The van der Waals surface area contributed by atoms with Crippen molar-refractivity contribution in [1.29, 1.82) is 0 Å². The fourth-order valence-electron chi connectivity index (χ4n) is 4.27. The van der Waals surface area contributed by atoms with Gasteiger partial charge in [-0.3, -0.25) is 19.4 Å². The topological polar surface area (TPSA) is 85.0 Å². The fourth-order valence-corrected chi connectivity index (χ4v) is 4.27. The summed E-state index contributed by atoms with van der Waals surface area (Å²) in [7, 11) is 3.40. The summed E-state index contributed by atoms with van der Waals surface area (Å²) >= 11 is 0. The molecule has 0 amide bonds. The first kappa shape index (κ1) is 24.8. The van der Waals surface area contributed by atoms with E-state index in [1.165, 1.54) is 7.11 Å². The lowest BCUT2D eigenvalue weighted by Gasteiger charge is -2.21. The molecule has 0 aliphatic rings. The molecule has 0 bridgehead atoms. The highest BCUT2D eigenvalue weighted by atomic mass is 16.5. The molecule has 36 heavy (non-hydrogen) atoms. The van der Waals surface area contributed by atoms with Crippen LogP contribution in [0.1, 0.15) is 38.9 Å². The van der Waals surface area contributed by atoms with E-state index in [0.29, 0.717) is 11.8 Å². The van der Waals surface area contributed by atoms with Gasteiger partial charge in [-0.1, -0.05) is 43.3 Å².